The van der Waals surface area contributed by atoms with E-state index in [-0.39, 0.29) is 5.78 Å². The van der Waals surface area contributed by atoms with Gasteiger partial charge in [0.1, 0.15) is 0 Å². The fourth-order valence-corrected chi connectivity index (χ4v) is 6.63. The molecule has 0 saturated carbocycles. The molecule has 0 fully saturated rings. The SMILES string of the molecule is CCCCCCCCCCCCCCCCC/C=C\CCCCOP(=O)(O)C(CC)[N+](C)(C)C. The van der Waals surface area contributed by atoms with E-state index in [4.69, 9.17) is 4.52 Å². The smallest absolute Gasteiger partial charge is 0.320 e. The Labute approximate surface area is 214 Å². The first-order chi connectivity index (χ1) is 16.3. The van der Waals surface area contributed by atoms with Crippen LogP contribution in [0.1, 0.15) is 142 Å². The van der Waals surface area contributed by atoms with Crippen LogP contribution in [-0.4, -0.2) is 42.9 Å². The van der Waals surface area contributed by atoms with E-state index in [1.165, 1.54) is 103 Å². The monoisotopic (exact) mass is 502 g/mol. The first kappa shape index (κ1) is 33.8. The first-order valence-electron chi connectivity index (χ1n) is 14.7. The van der Waals surface area contributed by atoms with Crippen molar-refractivity contribution in [2.24, 2.45) is 0 Å². The molecule has 0 heterocycles. The van der Waals surface area contributed by atoms with Crippen LogP contribution in [0, 0.1) is 0 Å². The maximum absolute atomic E-state index is 12.5. The summed E-state index contributed by atoms with van der Waals surface area (Å²) in [5.74, 6) is -0.359. The maximum atomic E-state index is 12.5. The van der Waals surface area contributed by atoms with Crippen LogP contribution in [-0.2, 0) is 9.09 Å². The van der Waals surface area contributed by atoms with Gasteiger partial charge in [0.2, 0.25) is 0 Å². The van der Waals surface area contributed by atoms with E-state index >= 15 is 0 Å². The molecule has 0 amide bonds. The Kier molecular flexibility index (Phi) is 22.0. The Bertz CT molecular complexity index is 516. The van der Waals surface area contributed by atoms with Gasteiger partial charge in [-0.3, -0.25) is 4.57 Å². The van der Waals surface area contributed by atoms with Gasteiger partial charge in [-0.05, 0) is 32.1 Å². The lowest BCUT2D eigenvalue weighted by molar-refractivity contribution is -0.883. The molecule has 2 unspecified atom stereocenters. The van der Waals surface area contributed by atoms with Crippen molar-refractivity contribution in [3.63, 3.8) is 0 Å². The van der Waals surface area contributed by atoms with Crippen LogP contribution in [0.3, 0.4) is 0 Å². The zero-order chi connectivity index (χ0) is 25.5. The van der Waals surface area contributed by atoms with Crippen molar-refractivity contribution in [3.8, 4) is 0 Å². The number of quaternary nitrogens is 1. The van der Waals surface area contributed by atoms with E-state index in [9.17, 15) is 9.46 Å². The second-order valence-corrected chi connectivity index (χ2v) is 13.1. The van der Waals surface area contributed by atoms with Gasteiger partial charge in [0.05, 0.1) is 27.7 Å². The largest absolute Gasteiger partial charge is 0.385 e. The van der Waals surface area contributed by atoms with Gasteiger partial charge in [-0.2, -0.15) is 0 Å². The highest BCUT2D eigenvalue weighted by Crippen LogP contribution is 2.51. The third-order valence-corrected chi connectivity index (χ3v) is 9.18. The topological polar surface area (TPSA) is 46.5 Å². The number of unbranched alkanes of at least 4 members (excludes halogenated alkanes) is 17. The van der Waals surface area contributed by atoms with Gasteiger partial charge in [0.25, 0.3) is 0 Å². The van der Waals surface area contributed by atoms with Crippen LogP contribution in [0.5, 0.6) is 0 Å². The second-order valence-electron chi connectivity index (χ2n) is 11.1. The lowest BCUT2D eigenvalue weighted by Crippen LogP contribution is -2.44. The second kappa shape index (κ2) is 22.1. The van der Waals surface area contributed by atoms with Gasteiger partial charge in [-0.1, -0.05) is 116 Å². The van der Waals surface area contributed by atoms with E-state index in [0.29, 0.717) is 17.5 Å². The summed E-state index contributed by atoms with van der Waals surface area (Å²) in [6, 6.07) is 0. The molecule has 204 valence electrons. The van der Waals surface area contributed by atoms with E-state index < -0.39 is 7.60 Å². The number of rotatable bonds is 25. The van der Waals surface area contributed by atoms with Gasteiger partial charge in [0, 0.05) is 6.42 Å². The lowest BCUT2D eigenvalue weighted by Gasteiger charge is -2.35. The molecule has 0 aromatic rings. The molecule has 4 nitrogen and oxygen atoms in total. The van der Waals surface area contributed by atoms with Crippen molar-refractivity contribution >= 4 is 7.60 Å². The van der Waals surface area contributed by atoms with Crippen molar-refractivity contribution in [1.82, 2.24) is 0 Å². The van der Waals surface area contributed by atoms with Crippen LogP contribution in [0.2, 0.25) is 0 Å². The van der Waals surface area contributed by atoms with Gasteiger partial charge in [-0.25, -0.2) is 0 Å². The van der Waals surface area contributed by atoms with Crippen LogP contribution in [0.4, 0.5) is 0 Å². The average molecular weight is 503 g/mol. The van der Waals surface area contributed by atoms with Gasteiger partial charge in [0.15, 0.2) is 5.78 Å². The van der Waals surface area contributed by atoms with Crippen LogP contribution in [0.25, 0.3) is 0 Å². The molecule has 0 spiro atoms. The third-order valence-electron chi connectivity index (χ3n) is 6.82. The zero-order valence-corrected chi connectivity index (χ0v) is 24.6. The molecular weight excluding hydrogens is 441 g/mol. The molecule has 5 heteroatoms. The predicted molar refractivity (Wildman–Crippen MR) is 150 cm³/mol. The average Bonchev–Trinajstić information content (AvgIpc) is 2.76. The Morgan fingerprint density at radius 2 is 1.06 bits per heavy atom. The summed E-state index contributed by atoms with van der Waals surface area (Å²) in [6.45, 7) is 4.61. The Morgan fingerprint density at radius 1 is 0.676 bits per heavy atom. The van der Waals surface area contributed by atoms with Crippen molar-refractivity contribution in [2.45, 2.75) is 148 Å². The van der Waals surface area contributed by atoms with E-state index in [1.807, 2.05) is 28.1 Å². The number of nitrogens with zero attached hydrogens (tertiary/aromatic N) is 1. The van der Waals surface area contributed by atoms with Crippen molar-refractivity contribution < 1.29 is 18.5 Å². The standard InChI is InChI=1S/C29H60NO3P/c1-6-8-9-10-11-12-13-14-15-16-17-18-19-20-21-22-23-24-25-26-27-28-33-34(31,32)29(7-2)30(3,4)5/h23-24,29H,6-22,25-28H2,1-5H3/p+1/b24-23-. The Balaban J connectivity index is 3.43. The zero-order valence-electron chi connectivity index (χ0n) is 23.7. The van der Waals surface area contributed by atoms with Gasteiger partial charge < -0.3 is 13.9 Å². The van der Waals surface area contributed by atoms with Crippen LogP contribution >= 0.6 is 7.60 Å². The minimum Gasteiger partial charge on any atom is -0.320 e. The Morgan fingerprint density at radius 3 is 1.44 bits per heavy atom. The van der Waals surface area contributed by atoms with Crippen LogP contribution < -0.4 is 0 Å². The molecule has 0 aliphatic heterocycles. The molecule has 1 N–H and O–H groups in total. The van der Waals surface area contributed by atoms with Crippen molar-refractivity contribution in [3.05, 3.63) is 12.2 Å². The molecular formula is C29H61NO3P+. The summed E-state index contributed by atoms with van der Waals surface area (Å²) in [4.78, 5) is 10.3. The molecule has 0 radical (unpaired) electrons. The van der Waals surface area contributed by atoms with Gasteiger partial charge in [-0.15, -0.1) is 0 Å². The fraction of sp³-hybridized carbons (Fsp3) is 0.931. The Hall–Kier alpha value is -0.150. The van der Waals surface area contributed by atoms with E-state index in [0.717, 1.165) is 19.3 Å². The summed E-state index contributed by atoms with van der Waals surface area (Å²) < 4.78 is 18.4. The number of allylic oxidation sites excluding steroid dienone is 2. The maximum Gasteiger partial charge on any atom is 0.385 e. The quantitative estimate of drug-likeness (QED) is 0.0585. The predicted octanol–water partition coefficient (Wildman–Crippen LogP) is 9.62. The summed E-state index contributed by atoms with van der Waals surface area (Å²) in [5, 5.41) is 0. The number of hydrogen-bond acceptors (Lipinski definition) is 2. The normalized spacial score (nSPS) is 15.1. The van der Waals surface area contributed by atoms with E-state index in [1.54, 1.807) is 0 Å². The summed E-state index contributed by atoms with van der Waals surface area (Å²) in [7, 11) is 2.28. The molecule has 2 atom stereocenters. The molecule has 0 aromatic heterocycles. The highest BCUT2D eigenvalue weighted by molar-refractivity contribution is 7.53. The molecule has 0 rings (SSSR count). The molecule has 0 aliphatic carbocycles. The third kappa shape index (κ3) is 20.1. The molecule has 0 saturated heterocycles. The first-order valence-corrected chi connectivity index (χ1v) is 16.3. The lowest BCUT2D eigenvalue weighted by atomic mass is 10.0. The summed E-state index contributed by atoms with van der Waals surface area (Å²) in [5.41, 5.74) is 0. The van der Waals surface area contributed by atoms with Crippen LogP contribution in [0.15, 0.2) is 12.2 Å². The molecule has 34 heavy (non-hydrogen) atoms. The fourth-order valence-electron chi connectivity index (χ4n) is 4.73. The highest BCUT2D eigenvalue weighted by atomic mass is 31.2. The van der Waals surface area contributed by atoms with Crippen molar-refractivity contribution in [2.75, 3.05) is 27.7 Å². The summed E-state index contributed by atoms with van der Waals surface area (Å²) in [6.07, 6.45) is 30.5. The minimum absolute atomic E-state index is 0.359. The number of hydrogen-bond donors (Lipinski definition) is 1. The molecule has 0 aliphatic rings. The summed E-state index contributed by atoms with van der Waals surface area (Å²) >= 11 is 0. The molecule has 0 bridgehead atoms. The van der Waals surface area contributed by atoms with Crippen molar-refractivity contribution in [1.29, 1.82) is 0 Å². The van der Waals surface area contributed by atoms with E-state index in [2.05, 4.69) is 19.1 Å². The van der Waals surface area contributed by atoms with Gasteiger partial charge >= 0.3 is 7.60 Å². The molecule has 0 aromatic carbocycles. The highest BCUT2D eigenvalue weighted by Gasteiger charge is 2.41. The minimum atomic E-state index is -3.57.